The van der Waals surface area contributed by atoms with Crippen molar-refractivity contribution in [3.8, 4) is 0 Å². The summed E-state index contributed by atoms with van der Waals surface area (Å²) in [6.45, 7) is 25.9. The molecule has 27 heavy (non-hydrogen) atoms. The van der Waals surface area contributed by atoms with Crippen LogP contribution in [0, 0.1) is 5.82 Å². The van der Waals surface area contributed by atoms with Crippen molar-refractivity contribution in [2.75, 3.05) is 7.11 Å². The van der Waals surface area contributed by atoms with Gasteiger partial charge in [0.2, 0.25) is 0 Å². The van der Waals surface area contributed by atoms with Gasteiger partial charge in [-0.1, -0.05) is 72.3 Å². The molecule has 0 aliphatic heterocycles. The summed E-state index contributed by atoms with van der Waals surface area (Å²) in [6, 6.07) is 5.16. The second-order valence-electron chi connectivity index (χ2n) is 5.75. The first-order valence-corrected chi connectivity index (χ1v) is 9.57. The fraction of sp³-hybridized carbons (Fsp3) is 0.458. The number of oxime groups is 1. The van der Waals surface area contributed by atoms with Crippen molar-refractivity contribution in [1.29, 1.82) is 0 Å². The number of halogens is 1. The molecule has 154 valence electrons. The molecular weight excluding hydrogens is 337 g/mol. The van der Waals surface area contributed by atoms with E-state index in [-0.39, 0.29) is 11.2 Å². The normalized spacial score (nSPS) is 10.5. The number of nitrogens with zero attached hydrogens (tertiary/aromatic N) is 1. The highest BCUT2D eigenvalue weighted by molar-refractivity contribution is 6.09. The lowest BCUT2D eigenvalue weighted by Gasteiger charge is -2.24. The molecule has 0 spiro atoms. The molecular formula is C24H40FNO. The quantitative estimate of drug-likeness (QED) is 0.280. The highest BCUT2D eigenvalue weighted by atomic mass is 19.1. The summed E-state index contributed by atoms with van der Waals surface area (Å²) in [5, 5.41) is 3.90. The van der Waals surface area contributed by atoms with E-state index in [0.717, 1.165) is 23.1 Å². The minimum absolute atomic E-state index is 0.162. The Morgan fingerprint density at radius 1 is 1.19 bits per heavy atom. The van der Waals surface area contributed by atoms with Crippen molar-refractivity contribution in [2.45, 2.75) is 67.2 Å². The number of hydrogen-bond donors (Lipinski definition) is 0. The van der Waals surface area contributed by atoms with E-state index in [9.17, 15) is 4.39 Å². The lowest BCUT2D eigenvalue weighted by molar-refractivity contribution is 0.214. The van der Waals surface area contributed by atoms with Crippen LogP contribution in [0.3, 0.4) is 0 Å². The van der Waals surface area contributed by atoms with Gasteiger partial charge in [-0.05, 0) is 53.7 Å². The number of benzene rings is 1. The standard InChI is InChI=1S/C18H24FNO.2C2H6.C2H4/c1-7-18(4,5)15-12-14(8-10-16(15)19)9-11-17(13(2)3)20-21-6;3*1-2/h8-12H,2,7H2,1,3-6H3;2*1-2H3;1-2H2/b11-9+,20-17+;;;. The monoisotopic (exact) mass is 377 g/mol. The Morgan fingerprint density at radius 2 is 1.70 bits per heavy atom. The molecule has 0 atom stereocenters. The zero-order chi connectivity index (χ0) is 22.0. The van der Waals surface area contributed by atoms with Gasteiger partial charge in [0.25, 0.3) is 0 Å². The van der Waals surface area contributed by atoms with Gasteiger partial charge < -0.3 is 4.84 Å². The molecule has 1 aromatic rings. The summed E-state index contributed by atoms with van der Waals surface area (Å²) in [4.78, 5) is 4.78. The third kappa shape index (κ3) is 11.2. The molecule has 0 heterocycles. The fourth-order valence-corrected chi connectivity index (χ4v) is 1.88. The Labute approximate surface area is 167 Å². The van der Waals surface area contributed by atoms with E-state index in [4.69, 9.17) is 4.84 Å². The summed E-state index contributed by atoms with van der Waals surface area (Å²) in [5.74, 6) is -0.162. The van der Waals surface area contributed by atoms with Crippen LogP contribution in [-0.2, 0) is 10.3 Å². The second-order valence-corrected chi connectivity index (χ2v) is 5.75. The molecule has 0 unspecified atom stereocenters. The van der Waals surface area contributed by atoms with E-state index in [1.54, 1.807) is 6.07 Å². The summed E-state index contributed by atoms with van der Waals surface area (Å²) in [7, 11) is 1.50. The maximum Gasteiger partial charge on any atom is 0.126 e. The predicted molar refractivity (Wildman–Crippen MR) is 122 cm³/mol. The molecule has 1 rings (SSSR count). The van der Waals surface area contributed by atoms with Crippen molar-refractivity contribution in [1.82, 2.24) is 0 Å². The van der Waals surface area contributed by atoms with Crippen molar-refractivity contribution in [3.63, 3.8) is 0 Å². The molecule has 3 heteroatoms. The Balaban J connectivity index is -0.000000869. The SMILES string of the molecule is C=C.C=C(C)C(/C=C/c1ccc(F)c(C(C)(C)CC)c1)=N/OC.CC.CC. The third-order valence-electron chi connectivity index (χ3n) is 3.66. The van der Waals surface area contributed by atoms with E-state index >= 15 is 0 Å². The van der Waals surface area contributed by atoms with Crippen LogP contribution >= 0.6 is 0 Å². The molecule has 0 aliphatic rings. The second kappa shape index (κ2) is 17.3. The topological polar surface area (TPSA) is 21.6 Å². The number of allylic oxidation sites excluding steroid dienone is 2. The van der Waals surface area contributed by atoms with Gasteiger partial charge in [0, 0.05) is 0 Å². The summed E-state index contributed by atoms with van der Waals surface area (Å²) >= 11 is 0. The molecule has 0 saturated heterocycles. The summed E-state index contributed by atoms with van der Waals surface area (Å²) in [6.07, 6.45) is 4.59. The lowest BCUT2D eigenvalue weighted by Crippen LogP contribution is -2.17. The highest BCUT2D eigenvalue weighted by Crippen LogP contribution is 2.30. The molecule has 0 N–H and O–H groups in total. The largest absolute Gasteiger partial charge is 0.399 e. The Morgan fingerprint density at radius 3 is 2.11 bits per heavy atom. The van der Waals surface area contributed by atoms with Gasteiger partial charge in [0.1, 0.15) is 18.6 Å². The van der Waals surface area contributed by atoms with Crippen LogP contribution in [0.1, 0.15) is 72.9 Å². The lowest BCUT2D eigenvalue weighted by atomic mass is 9.81. The summed E-state index contributed by atoms with van der Waals surface area (Å²) < 4.78 is 14.0. The van der Waals surface area contributed by atoms with Crippen LogP contribution in [0.4, 0.5) is 4.39 Å². The van der Waals surface area contributed by atoms with Gasteiger partial charge >= 0.3 is 0 Å². The van der Waals surface area contributed by atoms with Gasteiger partial charge in [-0.2, -0.15) is 0 Å². The van der Waals surface area contributed by atoms with E-state index in [2.05, 4.69) is 31.8 Å². The smallest absolute Gasteiger partial charge is 0.126 e. The van der Waals surface area contributed by atoms with Crippen LogP contribution in [0.25, 0.3) is 6.08 Å². The predicted octanol–water partition coefficient (Wildman–Crippen LogP) is 7.96. The number of rotatable bonds is 6. The molecule has 0 amide bonds. The zero-order valence-electron chi connectivity index (χ0n) is 18.9. The van der Waals surface area contributed by atoms with Crippen LogP contribution < -0.4 is 0 Å². The molecule has 0 aromatic heterocycles. The van der Waals surface area contributed by atoms with Crippen molar-refractivity contribution in [2.24, 2.45) is 5.16 Å². The molecule has 0 fully saturated rings. The molecule has 0 saturated carbocycles. The van der Waals surface area contributed by atoms with Crippen LogP contribution in [-0.4, -0.2) is 12.8 Å². The minimum Gasteiger partial charge on any atom is -0.399 e. The molecule has 0 aliphatic carbocycles. The first kappa shape index (κ1) is 29.6. The van der Waals surface area contributed by atoms with Crippen molar-refractivity contribution < 1.29 is 9.23 Å². The first-order chi connectivity index (χ1) is 12.8. The third-order valence-corrected chi connectivity index (χ3v) is 3.66. The van der Waals surface area contributed by atoms with Crippen LogP contribution in [0.2, 0.25) is 0 Å². The van der Waals surface area contributed by atoms with E-state index < -0.39 is 0 Å². The van der Waals surface area contributed by atoms with Gasteiger partial charge in [-0.25, -0.2) is 4.39 Å². The van der Waals surface area contributed by atoms with E-state index in [1.165, 1.54) is 13.2 Å². The average Bonchev–Trinajstić information content (AvgIpc) is 2.70. The zero-order valence-corrected chi connectivity index (χ0v) is 18.9. The Hall–Kier alpha value is -2.16. The maximum absolute atomic E-state index is 14.0. The van der Waals surface area contributed by atoms with Gasteiger partial charge in [-0.15, -0.1) is 13.2 Å². The molecule has 0 bridgehead atoms. The molecule has 1 aromatic carbocycles. The highest BCUT2D eigenvalue weighted by Gasteiger charge is 2.21. The Kier molecular flexibility index (Phi) is 18.9. The van der Waals surface area contributed by atoms with Gasteiger partial charge in [0.05, 0.1) is 0 Å². The van der Waals surface area contributed by atoms with Crippen LogP contribution in [0.15, 0.2) is 54.7 Å². The summed E-state index contributed by atoms with van der Waals surface area (Å²) in [5.41, 5.74) is 2.94. The van der Waals surface area contributed by atoms with Crippen molar-refractivity contribution in [3.05, 3.63) is 66.5 Å². The van der Waals surface area contributed by atoms with Crippen LogP contribution in [0.5, 0.6) is 0 Å². The average molecular weight is 378 g/mol. The number of hydrogen-bond acceptors (Lipinski definition) is 2. The molecule has 0 radical (unpaired) electrons. The maximum atomic E-state index is 14.0. The van der Waals surface area contributed by atoms with E-state index in [1.807, 2.05) is 66.7 Å². The van der Waals surface area contributed by atoms with Gasteiger partial charge in [0.15, 0.2) is 0 Å². The van der Waals surface area contributed by atoms with Gasteiger partial charge in [-0.3, -0.25) is 0 Å². The van der Waals surface area contributed by atoms with E-state index in [0.29, 0.717) is 5.71 Å². The Bertz CT molecular complexity index is 586. The fourth-order valence-electron chi connectivity index (χ4n) is 1.88. The first-order valence-electron chi connectivity index (χ1n) is 9.57. The molecule has 2 nitrogen and oxygen atoms in total. The minimum atomic E-state index is -0.189. The van der Waals surface area contributed by atoms with Crippen molar-refractivity contribution >= 4 is 11.8 Å².